The van der Waals surface area contributed by atoms with Crippen LogP contribution in [0.3, 0.4) is 0 Å². The first-order chi connectivity index (χ1) is 6.80. The van der Waals surface area contributed by atoms with Crippen LogP contribution < -0.4 is 0 Å². The standard InChI is InChI=1S/C9H9Br3.C2H6/c10-4-7-1-8(5-11)3-9(2-7)6-12;1-2/h1-3H,4-6H2;1-2H3. The van der Waals surface area contributed by atoms with Gasteiger partial charge < -0.3 is 0 Å². The van der Waals surface area contributed by atoms with Gasteiger partial charge in [0.15, 0.2) is 0 Å². The maximum absolute atomic E-state index is 3.45. The zero-order chi connectivity index (χ0) is 11.0. The normalized spacial score (nSPS) is 9.21. The van der Waals surface area contributed by atoms with E-state index in [1.54, 1.807) is 0 Å². The number of rotatable bonds is 3. The molecule has 0 aromatic heterocycles. The molecule has 0 saturated carbocycles. The molecular weight excluding hydrogens is 372 g/mol. The van der Waals surface area contributed by atoms with Crippen LogP contribution in [-0.2, 0) is 16.0 Å². The molecule has 0 nitrogen and oxygen atoms in total. The molecule has 0 aliphatic rings. The summed E-state index contributed by atoms with van der Waals surface area (Å²) in [7, 11) is 0. The van der Waals surface area contributed by atoms with E-state index in [0.29, 0.717) is 0 Å². The minimum Gasteiger partial charge on any atom is -0.0876 e. The fourth-order valence-corrected chi connectivity index (χ4v) is 2.04. The molecule has 1 aromatic rings. The van der Waals surface area contributed by atoms with E-state index in [0.717, 1.165) is 16.0 Å². The summed E-state index contributed by atoms with van der Waals surface area (Å²) in [4.78, 5) is 0. The van der Waals surface area contributed by atoms with Crippen LogP contribution in [0.5, 0.6) is 0 Å². The topological polar surface area (TPSA) is 0 Å². The molecule has 0 aliphatic carbocycles. The summed E-state index contributed by atoms with van der Waals surface area (Å²) in [6, 6.07) is 6.61. The lowest BCUT2D eigenvalue weighted by Gasteiger charge is -2.03. The van der Waals surface area contributed by atoms with Crippen molar-refractivity contribution in [1.82, 2.24) is 0 Å². The van der Waals surface area contributed by atoms with Gasteiger partial charge in [-0.05, 0) is 16.7 Å². The summed E-state index contributed by atoms with van der Waals surface area (Å²) in [5.74, 6) is 0. The van der Waals surface area contributed by atoms with Gasteiger partial charge in [-0.15, -0.1) is 0 Å². The summed E-state index contributed by atoms with van der Waals surface area (Å²) in [5, 5.41) is 2.77. The predicted octanol–water partition coefficient (Wildman–Crippen LogP) is 5.40. The number of halogens is 3. The maximum atomic E-state index is 3.45. The van der Waals surface area contributed by atoms with Crippen LogP contribution in [0.1, 0.15) is 30.5 Å². The Hall–Kier alpha value is 0.660. The highest BCUT2D eigenvalue weighted by atomic mass is 79.9. The van der Waals surface area contributed by atoms with E-state index in [1.807, 2.05) is 13.8 Å². The summed E-state index contributed by atoms with van der Waals surface area (Å²) >= 11 is 10.4. The highest BCUT2D eigenvalue weighted by Gasteiger charge is 1.98. The lowest BCUT2D eigenvalue weighted by Crippen LogP contribution is -1.87. The monoisotopic (exact) mass is 384 g/mol. The van der Waals surface area contributed by atoms with Crippen molar-refractivity contribution in [2.75, 3.05) is 0 Å². The van der Waals surface area contributed by atoms with Crippen molar-refractivity contribution < 1.29 is 0 Å². The second-order valence-electron chi connectivity index (χ2n) is 2.56. The molecule has 0 heterocycles. The highest BCUT2D eigenvalue weighted by molar-refractivity contribution is 9.09. The van der Waals surface area contributed by atoms with Crippen molar-refractivity contribution in [3.8, 4) is 0 Å². The van der Waals surface area contributed by atoms with Crippen molar-refractivity contribution in [2.24, 2.45) is 0 Å². The zero-order valence-corrected chi connectivity index (χ0v) is 13.2. The molecule has 1 rings (SSSR count). The van der Waals surface area contributed by atoms with Gasteiger partial charge in [0.1, 0.15) is 0 Å². The van der Waals surface area contributed by atoms with E-state index in [-0.39, 0.29) is 0 Å². The first-order valence-electron chi connectivity index (χ1n) is 4.59. The summed E-state index contributed by atoms with van der Waals surface area (Å²) in [5.41, 5.74) is 4.00. The van der Waals surface area contributed by atoms with E-state index in [2.05, 4.69) is 66.0 Å². The van der Waals surface area contributed by atoms with Crippen molar-refractivity contribution in [1.29, 1.82) is 0 Å². The first-order valence-corrected chi connectivity index (χ1v) is 7.96. The van der Waals surface area contributed by atoms with Gasteiger partial charge in [-0.2, -0.15) is 0 Å². The molecule has 0 aliphatic heterocycles. The Morgan fingerprint density at radius 2 is 0.929 bits per heavy atom. The largest absolute Gasteiger partial charge is 0.0876 e. The van der Waals surface area contributed by atoms with E-state index < -0.39 is 0 Å². The fraction of sp³-hybridized carbons (Fsp3) is 0.455. The molecule has 0 spiro atoms. The Morgan fingerprint density at radius 1 is 0.714 bits per heavy atom. The number of benzene rings is 1. The molecule has 0 unspecified atom stereocenters. The van der Waals surface area contributed by atoms with E-state index in [1.165, 1.54) is 16.7 Å². The lowest BCUT2D eigenvalue weighted by molar-refractivity contribution is 1.29. The van der Waals surface area contributed by atoms with Gasteiger partial charge in [0.25, 0.3) is 0 Å². The van der Waals surface area contributed by atoms with Gasteiger partial charge in [0.05, 0.1) is 0 Å². The second kappa shape index (κ2) is 8.93. The zero-order valence-electron chi connectivity index (χ0n) is 8.49. The van der Waals surface area contributed by atoms with E-state index in [9.17, 15) is 0 Å². The smallest absolute Gasteiger partial charge is 0.0283 e. The van der Waals surface area contributed by atoms with Crippen molar-refractivity contribution in [3.05, 3.63) is 34.9 Å². The van der Waals surface area contributed by atoms with Crippen molar-refractivity contribution in [2.45, 2.75) is 29.8 Å². The van der Waals surface area contributed by atoms with Crippen LogP contribution >= 0.6 is 47.8 Å². The lowest BCUT2D eigenvalue weighted by atomic mass is 10.1. The Kier molecular flexibility index (Phi) is 9.35. The Labute approximate surface area is 112 Å². The third-order valence-electron chi connectivity index (χ3n) is 1.58. The van der Waals surface area contributed by atoms with Crippen molar-refractivity contribution >= 4 is 47.8 Å². The fourth-order valence-electron chi connectivity index (χ4n) is 1.07. The average Bonchev–Trinajstić information content (AvgIpc) is 2.30. The molecular formula is C11H15Br3. The summed E-state index contributed by atoms with van der Waals surface area (Å²) in [6.07, 6.45) is 0. The van der Waals surface area contributed by atoms with Gasteiger partial charge in [0, 0.05) is 16.0 Å². The second-order valence-corrected chi connectivity index (χ2v) is 4.24. The molecule has 14 heavy (non-hydrogen) atoms. The molecule has 80 valence electrons. The Bertz CT molecular complexity index is 203. The molecule has 0 atom stereocenters. The van der Waals surface area contributed by atoms with Crippen LogP contribution in [0.2, 0.25) is 0 Å². The molecule has 0 saturated heterocycles. The van der Waals surface area contributed by atoms with E-state index in [4.69, 9.17) is 0 Å². The van der Waals surface area contributed by atoms with Crippen molar-refractivity contribution in [3.63, 3.8) is 0 Å². The third kappa shape index (κ3) is 4.94. The van der Waals surface area contributed by atoms with Gasteiger partial charge >= 0.3 is 0 Å². The van der Waals surface area contributed by atoms with Gasteiger partial charge in [-0.1, -0.05) is 79.8 Å². The van der Waals surface area contributed by atoms with Gasteiger partial charge in [-0.3, -0.25) is 0 Å². The minimum atomic E-state index is 0.924. The number of alkyl halides is 3. The molecule has 0 radical (unpaired) electrons. The van der Waals surface area contributed by atoms with Gasteiger partial charge in [-0.25, -0.2) is 0 Å². The highest BCUT2D eigenvalue weighted by Crippen LogP contribution is 2.17. The van der Waals surface area contributed by atoms with Crippen LogP contribution in [-0.4, -0.2) is 0 Å². The molecule has 3 heteroatoms. The van der Waals surface area contributed by atoms with Crippen LogP contribution in [0.4, 0.5) is 0 Å². The Balaban J connectivity index is 0.000000791. The first kappa shape index (κ1) is 14.7. The molecule has 0 amide bonds. The molecule has 0 N–H and O–H groups in total. The Morgan fingerprint density at radius 3 is 1.07 bits per heavy atom. The van der Waals surface area contributed by atoms with Crippen LogP contribution in [0, 0.1) is 0 Å². The minimum absolute atomic E-state index is 0.924. The molecule has 0 bridgehead atoms. The SMILES string of the molecule is BrCc1cc(CBr)cc(CBr)c1.CC. The van der Waals surface area contributed by atoms with Crippen LogP contribution in [0.25, 0.3) is 0 Å². The molecule has 0 fully saturated rings. The predicted molar refractivity (Wildman–Crippen MR) is 75.7 cm³/mol. The summed E-state index contributed by atoms with van der Waals surface area (Å²) < 4.78 is 0. The average molecular weight is 387 g/mol. The van der Waals surface area contributed by atoms with Gasteiger partial charge in [0.2, 0.25) is 0 Å². The molecule has 1 aromatic carbocycles. The summed E-state index contributed by atoms with van der Waals surface area (Å²) in [6.45, 7) is 4.00. The van der Waals surface area contributed by atoms with Crippen LogP contribution in [0.15, 0.2) is 18.2 Å². The quantitative estimate of drug-likeness (QED) is 0.610. The third-order valence-corrected chi connectivity index (χ3v) is 3.52. The maximum Gasteiger partial charge on any atom is 0.0283 e. The van der Waals surface area contributed by atoms with E-state index >= 15 is 0 Å². The number of hydrogen-bond donors (Lipinski definition) is 0. The number of hydrogen-bond acceptors (Lipinski definition) is 0.